The molecule has 0 aliphatic carbocycles. The van der Waals surface area contributed by atoms with E-state index in [1.54, 1.807) is 23.2 Å². The van der Waals surface area contributed by atoms with E-state index in [0.29, 0.717) is 23.2 Å². The molecular formula is C21H19F3N8O. The highest BCUT2D eigenvalue weighted by Gasteiger charge is 2.32. The number of nitrogens with one attached hydrogen (secondary N) is 1. The molecule has 1 atom stereocenters. The first kappa shape index (κ1) is 20.9. The van der Waals surface area contributed by atoms with E-state index in [1.165, 1.54) is 24.3 Å². The molecule has 0 radical (unpaired) electrons. The Morgan fingerprint density at radius 2 is 1.85 bits per heavy atom. The topological polar surface area (TPSA) is 95.6 Å². The maximum atomic E-state index is 12.4. The van der Waals surface area contributed by atoms with E-state index in [9.17, 15) is 13.2 Å². The van der Waals surface area contributed by atoms with Crippen molar-refractivity contribution in [2.24, 2.45) is 5.92 Å². The number of halogens is 3. The van der Waals surface area contributed by atoms with Gasteiger partial charge < -0.3 is 10.1 Å². The van der Waals surface area contributed by atoms with Gasteiger partial charge in [0.05, 0.1) is 12.2 Å². The quantitative estimate of drug-likeness (QED) is 0.491. The van der Waals surface area contributed by atoms with Crippen molar-refractivity contribution in [3.8, 4) is 28.8 Å². The first-order valence-corrected chi connectivity index (χ1v) is 10.2. The summed E-state index contributed by atoms with van der Waals surface area (Å²) in [5, 5.41) is 11.9. The van der Waals surface area contributed by atoms with Crippen molar-refractivity contribution in [1.29, 1.82) is 0 Å². The molecule has 4 aromatic rings. The van der Waals surface area contributed by atoms with E-state index in [-0.39, 0.29) is 17.7 Å². The SMILES string of the molecule is Cc1nnc2n1-c1cnc(-n3ccnc3-c3ccc(OC(F)(F)F)cc3)nc1NC2C(C)C. The van der Waals surface area contributed by atoms with Crippen LogP contribution in [0, 0.1) is 12.8 Å². The van der Waals surface area contributed by atoms with Crippen molar-refractivity contribution in [3.05, 3.63) is 54.5 Å². The molecule has 170 valence electrons. The van der Waals surface area contributed by atoms with E-state index in [4.69, 9.17) is 4.98 Å². The molecule has 1 N–H and O–H groups in total. The van der Waals surface area contributed by atoms with Gasteiger partial charge in [-0.3, -0.25) is 9.13 Å². The molecule has 1 aliphatic heterocycles. The molecule has 0 saturated carbocycles. The average Bonchev–Trinajstić information content (AvgIpc) is 3.39. The second-order valence-corrected chi connectivity index (χ2v) is 7.90. The van der Waals surface area contributed by atoms with Crippen LogP contribution < -0.4 is 10.1 Å². The Hall–Kier alpha value is -3.96. The van der Waals surface area contributed by atoms with Crippen LogP contribution in [0.15, 0.2) is 42.9 Å². The zero-order chi connectivity index (χ0) is 23.3. The number of fused-ring (bicyclic) bond motifs is 3. The van der Waals surface area contributed by atoms with Crippen molar-refractivity contribution in [3.63, 3.8) is 0 Å². The highest BCUT2D eigenvalue weighted by Crippen LogP contribution is 2.35. The minimum atomic E-state index is -4.75. The van der Waals surface area contributed by atoms with Gasteiger partial charge in [-0.2, -0.15) is 4.98 Å². The third-order valence-corrected chi connectivity index (χ3v) is 5.29. The van der Waals surface area contributed by atoms with Crippen LogP contribution in [-0.2, 0) is 0 Å². The molecule has 0 amide bonds. The Bertz CT molecular complexity index is 1310. The highest BCUT2D eigenvalue weighted by atomic mass is 19.4. The fourth-order valence-electron chi connectivity index (χ4n) is 3.79. The lowest BCUT2D eigenvalue weighted by molar-refractivity contribution is -0.274. The van der Waals surface area contributed by atoms with Crippen molar-refractivity contribution in [2.75, 3.05) is 5.32 Å². The first-order valence-electron chi connectivity index (χ1n) is 10.2. The van der Waals surface area contributed by atoms with Gasteiger partial charge in [0.15, 0.2) is 11.6 Å². The van der Waals surface area contributed by atoms with Crippen molar-refractivity contribution >= 4 is 5.82 Å². The molecule has 1 aromatic carbocycles. The van der Waals surface area contributed by atoms with Crippen molar-refractivity contribution < 1.29 is 17.9 Å². The second-order valence-electron chi connectivity index (χ2n) is 7.90. The largest absolute Gasteiger partial charge is 0.573 e. The van der Waals surface area contributed by atoms with Gasteiger partial charge in [0.1, 0.15) is 23.1 Å². The van der Waals surface area contributed by atoms with E-state index in [1.807, 2.05) is 11.5 Å². The Labute approximate surface area is 186 Å². The molecular weight excluding hydrogens is 437 g/mol. The number of imidazole rings is 1. The number of aryl methyl sites for hydroxylation is 1. The number of rotatable bonds is 4. The van der Waals surface area contributed by atoms with Gasteiger partial charge in [-0.05, 0) is 37.1 Å². The Kier molecular flexibility index (Phi) is 4.80. The third-order valence-electron chi connectivity index (χ3n) is 5.29. The van der Waals surface area contributed by atoms with Gasteiger partial charge in [-0.1, -0.05) is 13.8 Å². The summed E-state index contributed by atoms with van der Waals surface area (Å²) in [6.07, 6.45) is 0.200. The minimum Gasteiger partial charge on any atom is -0.406 e. The smallest absolute Gasteiger partial charge is 0.406 e. The van der Waals surface area contributed by atoms with Crippen molar-refractivity contribution in [2.45, 2.75) is 33.2 Å². The first-order chi connectivity index (χ1) is 15.7. The molecule has 0 fully saturated rings. The molecule has 0 bridgehead atoms. The van der Waals surface area contributed by atoms with Crippen LogP contribution in [0.2, 0.25) is 0 Å². The lowest BCUT2D eigenvalue weighted by atomic mass is 10.0. The Morgan fingerprint density at radius 1 is 1.09 bits per heavy atom. The van der Waals surface area contributed by atoms with Crippen LogP contribution in [0.1, 0.15) is 31.5 Å². The molecule has 1 aliphatic rings. The molecule has 4 heterocycles. The molecule has 12 heteroatoms. The summed E-state index contributed by atoms with van der Waals surface area (Å²) < 4.78 is 44.9. The fraction of sp³-hybridized carbons (Fsp3) is 0.286. The summed E-state index contributed by atoms with van der Waals surface area (Å²) >= 11 is 0. The standard InChI is InChI=1S/C21H19F3N8O/c1-11(2)16-19-30-29-12(3)32(19)15-10-26-20(28-17(15)27-16)31-9-8-25-18(31)13-4-6-14(7-5-13)33-21(22,23)24/h4-11,16H,1-3H3,(H,26,27,28). The number of alkyl halides is 3. The zero-order valence-corrected chi connectivity index (χ0v) is 17.9. The number of aromatic nitrogens is 7. The number of nitrogens with zero attached hydrogens (tertiary/aromatic N) is 7. The van der Waals surface area contributed by atoms with E-state index in [0.717, 1.165) is 17.3 Å². The predicted octanol–water partition coefficient (Wildman–Crippen LogP) is 4.24. The fourth-order valence-corrected chi connectivity index (χ4v) is 3.79. The van der Waals surface area contributed by atoms with Crippen LogP contribution in [0.4, 0.5) is 19.0 Å². The number of hydrogen-bond donors (Lipinski definition) is 1. The lowest BCUT2D eigenvalue weighted by Gasteiger charge is -2.29. The van der Waals surface area contributed by atoms with Crippen LogP contribution in [0.3, 0.4) is 0 Å². The van der Waals surface area contributed by atoms with Gasteiger partial charge in [0.2, 0.25) is 5.95 Å². The van der Waals surface area contributed by atoms with Crippen molar-refractivity contribution in [1.82, 2.24) is 34.3 Å². The number of benzene rings is 1. The summed E-state index contributed by atoms with van der Waals surface area (Å²) in [7, 11) is 0. The minimum absolute atomic E-state index is 0.0788. The Morgan fingerprint density at radius 3 is 2.55 bits per heavy atom. The zero-order valence-electron chi connectivity index (χ0n) is 17.9. The molecule has 0 spiro atoms. The molecule has 5 rings (SSSR count). The predicted molar refractivity (Wildman–Crippen MR) is 112 cm³/mol. The number of hydrogen-bond acceptors (Lipinski definition) is 7. The van der Waals surface area contributed by atoms with Crippen LogP contribution >= 0.6 is 0 Å². The van der Waals surface area contributed by atoms with Gasteiger partial charge in [-0.15, -0.1) is 23.4 Å². The summed E-state index contributed by atoms with van der Waals surface area (Å²) in [6.45, 7) is 6.04. The van der Waals surface area contributed by atoms with Gasteiger partial charge in [0, 0.05) is 18.0 Å². The maximum Gasteiger partial charge on any atom is 0.573 e. The van der Waals surface area contributed by atoms with Crippen LogP contribution in [0.25, 0.3) is 23.0 Å². The average molecular weight is 456 g/mol. The van der Waals surface area contributed by atoms with Crippen LogP contribution in [-0.4, -0.2) is 40.6 Å². The third kappa shape index (κ3) is 3.77. The summed E-state index contributed by atoms with van der Waals surface area (Å²) in [4.78, 5) is 13.5. The lowest BCUT2D eigenvalue weighted by Crippen LogP contribution is -2.28. The van der Waals surface area contributed by atoms with E-state index >= 15 is 0 Å². The Balaban J connectivity index is 1.52. The second kappa shape index (κ2) is 7.57. The molecule has 33 heavy (non-hydrogen) atoms. The van der Waals surface area contributed by atoms with Gasteiger partial charge >= 0.3 is 6.36 Å². The normalized spacial score (nSPS) is 15.2. The summed E-state index contributed by atoms with van der Waals surface area (Å²) in [5.74, 6) is 2.93. The molecule has 1 unspecified atom stereocenters. The number of ether oxygens (including phenoxy) is 1. The number of anilines is 1. The van der Waals surface area contributed by atoms with E-state index in [2.05, 4.69) is 44.1 Å². The molecule has 0 saturated heterocycles. The monoisotopic (exact) mass is 456 g/mol. The molecule has 9 nitrogen and oxygen atoms in total. The molecule has 3 aromatic heterocycles. The summed E-state index contributed by atoms with van der Waals surface area (Å²) in [5.41, 5.74) is 1.32. The highest BCUT2D eigenvalue weighted by molar-refractivity contribution is 5.62. The summed E-state index contributed by atoms with van der Waals surface area (Å²) in [6, 6.07) is 5.39. The van der Waals surface area contributed by atoms with Gasteiger partial charge in [0.25, 0.3) is 0 Å². The maximum absolute atomic E-state index is 12.4. The van der Waals surface area contributed by atoms with Gasteiger partial charge in [-0.25, -0.2) is 9.97 Å². The van der Waals surface area contributed by atoms with Crippen LogP contribution in [0.5, 0.6) is 5.75 Å². The van der Waals surface area contributed by atoms with E-state index < -0.39 is 6.36 Å².